The van der Waals surface area contributed by atoms with E-state index in [9.17, 15) is 5.11 Å². The summed E-state index contributed by atoms with van der Waals surface area (Å²) in [6.45, 7) is 4.28. The van der Waals surface area contributed by atoms with Crippen molar-refractivity contribution in [2.45, 2.75) is 19.9 Å². The number of nitrogens with zero attached hydrogens (tertiary/aromatic N) is 2. The van der Waals surface area contributed by atoms with Gasteiger partial charge in [-0.1, -0.05) is 0 Å². The Morgan fingerprint density at radius 1 is 1.44 bits per heavy atom. The van der Waals surface area contributed by atoms with E-state index in [1.165, 1.54) is 0 Å². The van der Waals surface area contributed by atoms with Crippen LogP contribution in [0.4, 0.5) is 0 Å². The number of rotatable bonds is 6. The van der Waals surface area contributed by atoms with Gasteiger partial charge in [0.1, 0.15) is 5.75 Å². The standard InChI is InChI=1S/C12H20N2O2/c1-10-5-6-12(15)11(13-10)9-14(2)7-4-8-16-3/h5-6,15H,4,7-9H2,1-3H3. The maximum atomic E-state index is 9.64. The third kappa shape index (κ3) is 4.16. The summed E-state index contributed by atoms with van der Waals surface area (Å²) in [5.74, 6) is 0.268. The molecule has 0 radical (unpaired) electrons. The van der Waals surface area contributed by atoms with Gasteiger partial charge in [-0.2, -0.15) is 0 Å². The highest BCUT2D eigenvalue weighted by Crippen LogP contribution is 2.16. The molecule has 0 atom stereocenters. The van der Waals surface area contributed by atoms with Gasteiger partial charge in [-0.3, -0.25) is 4.98 Å². The second kappa shape index (κ2) is 6.45. The molecule has 0 aliphatic carbocycles. The van der Waals surface area contributed by atoms with Crippen molar-refractivity contribution in [3.63, 3.8) is 0 Å². The second-order valence-corrected chi connectivity index (χ2v) is 4.00. The zero-order chi connectivity index (χ0) is 12.0. The van der Waals surface area contributed by atoms with Gasteiger partial charge in [0.2, 0.25) is 0 Å². The quantitative estimate of drug-likeness (QED) is 0.745. The van der Waals surface area contributed by atoms with E-state index in [1.807, 2.05) is 20.0 Å². The summed E-state index contributed by atoms with van der Waals surface area (Å²) < 4.78 is 4.99. The van der Waals surface area contributed by atoms with Crippen LogP contribution in [-0.2, 0) is 11.3 Å². The molecule has 0 fully saturated rings. The van der Waals surface area contributed by atoms with E-state index in [4.69, 9.17) is 4.74 Å². The van der Waals surface area contributed by atoms with Gasteiger partial charge >= 0.3 is 0 Å². The fourth-order valence-corrected chi connectivity index (χ4v) is 1.53. The Kier molecular flexibility index (Phi) is 5.22. The summed E-state index contributed by atoms with van der Waals surface area (Å²) in [6, 6.07) is 3.50. The first kappa shape index (κ1) is 12.9. The molecule has 0 amide bonds. The number of aryl methyl sites for hydroxylation is 1. The lowest BCUT2D eigenvalue weighted by molar-refractivity contribution is 0.177. The lowest BCUT2D eigenvalue weighted by atomic mass is 10.2. The minimum absolute atomic E-state index is 0.268. The number of aromatic nitrogens is 1. The minimum Gasteiger partial charge on any atom is -0.506 e. The van der Waals surface area contributed by atoms with Crippen molar-refractivity contribution in [1.29, 1.82) is 0 Å². The molecule has 0 aliphatic heterocycles. The first-order valence-corrected chi connectivity index (χ1v) is 5.46. The summed E-state index contributed by atoms with van der Waals surface area (Å²) in [5, 5.41) is 9.64. The average molecular weight is 224 g/mol. The molecule has 1 aromatic rings. The molecule has 1 rings (SSSR count). The van der Waals surface area contributed by atoms with Gasteiger partial charge < -0.3 is 14.7 Å². The molecule has 0 saturated heterocycles. The van der Waals surface area contributed by atoms with Crippen molar-refractivity contribution in [2.75, 3.05) is 27.3 Å². The summed E-state index contributed by atoms with van der Waals surface area (Å²) in [7, 11) is 3.72. The van der Waals surface area contributed by atoms with Crippen LogP contribution in [-0.4, -0.2) is 42.3 Å². The number of hydrogen-bond acceptors (Lipinski definition) is 4. The van der Waals surface area contributed by atoms with Crippen molar-refractivity contribution in [3.8, 4) is 5.75 Å². The first-order valence-electron chi connectivity index (χ1n) is 5.46. The molecule has 1 aromatic heterocycles. The minimum atomic E-state index is 0.268. The third-order valence-corrected chi connectivity index (χ3v) is 2.40. The van der Waals surface area contributed by atoms with Crippen LogP contribution in [0.2, 0.25) is 0 Å². The summed E-state index contributed by atoms with van der Waals surface area (Å²) in [5.41, 5.74) is 1.66. The summed E-state index contributed by atoms with van der Waals surface area (Å²) in [6.07, 6.45) is 0.986. The number of methoxy groups -OCH3 is 1. The van der Waals surface area contributed by atoms with E-state index in [0.29, 0.717) is 6.54 Å². The van der Waals surface area contributed by atoms with Crippen molar-refractivity contribution in [1.82, 2.24) is 9.88 Å². The van der Waals surface area contributed by atoms with Crippen molar-refractivity contribution in [2.24, 2.45) is 0 Å². The van der Waals surface area contributed by atoms with Gasteiger partial charge in [0, 0.05) is 32.5 Å². The van der Waals surface area contributed by atoms with Crippen LogP contribution in [0.1, 0.15) is 17.8 Å². The van der Waals surface area contributed by atoms with E-state index < -0.39 is 0 Å². The van der Waals surface area contributed by atoms with Crippen LogP contribution < -0.4 is 0 Å². The topological polar surface area (TPSA) is 45.6 Å². The van der Waals surface area contributed by atoms with Gasteiger partial charge in [0.05, 0.1) is 5.69 Å². The third-order valence-electron chi connectivity index (χ3n) is 2.40. The van der Waals surface area contributed by atoms with E-state index in [1.54, 1.807) is 13.2 Å². The summed E-state index contributed by atoms with van der Waals surface area (Å²) >= 11 is 0. The molecule has 4 nitrogen and oxygen atoms in total. The smallest absolute Gasteiger partial charge is 0.138 e. The Bertz CT molecular complexity index is 329. The van der Waals surface area contributed by atoms with Crippen molar-refractivity contribution < 1.29 is 9.84 Å². The number of pyridine rings is 1. The first-order chi connectivity index (χ1) is 7.63. The number of ether oxygens (including phenoxy) is 1. The van der Waals surface area contributed by atoms with Gasteiger partial charge in [-0.25, -0.2) is 0 Å². The van der Waals surface area contributed by atoms with Gasteiger partial charge in [-0.15, -0.1) is 0 Å². The molecule has 0 bridgehead atoms. The SMILES string of the molecule is COCCCN(C)Cc1nc(C)ccc1O. The maximum absolute atomic E-state index is 9.64. The fraction of sp³-hybridized carbons (Fsp3) is 0.583. The van der Waals surface area contributed by atoms with Gasteiger partial charge in [0.15, 0.2) is 0 Å². The predicted octanol–water partition coefficient (Wildman–Crippen LogP) is 1.56. The molecule has 0 aliphatic rings. The van der Waals surface area contributed by atoms with Crippen molar-refractivity contribution >= 4 is 0 Å². The highest BCUT2D eigenvalue weighted by Gasteiger charge is 2.06. The average Bonchev–Trinajstić information content (AvgIpc) is 2.24. The van der Waals surface area contributed by atoms with Crippen LogP contribution in [0.3, 0.4) is 0 Å². The van der Waals surface area contributed by atoms with Gasteiger partial charge in [0.25, 0.3) is 0 Å². The lowest BCUT2D eigenvalue weighted by Gasteiger charge is -2.16. The number of aromatic hydroxyl groups is 1. The van der Waals surface area contributed by atoms with Crippen LogP contribution >= 0.6 is 0 Å². The molecule has 16 heavy (non-hydrogen) atoms. The monoisotopic (exact) mass is 224 g/mol. The highest BCUT2D eigenvalue weighted by molar-refractivity contribution is 5.27. The molecule has 90 valence electrons. The van der Waals surface area contributed by atoms with E-state index >= 15 is 0 Å². The normalized spacial score (nSPS) is 11.0. The highest BCUT2D eigenvalue weighted by atomic mass is 16.5. The molecule has 1 N–H and O–H groups in total. The maximum Gasteiger partial charge on any atom is 0.138 e. The largest absolute Gasteiger partial charge is 0.506 e. The molecule has 0 spiro atoms. The molecule has 0 unspecified atom stereocenters. The molecular weight excluding hydrogens is 204 g/mol. The van der Waals surface area contributed by atoms with Crippen LogP contribution in [0, 0.1) is 6.92 Å². The Morgan fingerprint density at radius 2 is 2.19 bits per heavy atom. The van der Waals surface area contributed by atoms with E-state index in [2.05, 4.69) is 9.88 Å². The molecule has 0 aromatic carbocycles. The molecule has 4 heteroatoms. The fourth-order valence-electron chi connectivity index (χ4n) is 1.53. The predicted molar refractivity (Wildman–Crippen MR) is 63.5 cm³/mol. The van der Waals surface area contributed by atoms with Crippen molar-refractivity contribution in [3.05, 3.63) is 23.5 Å². The van der Waals surface area contributed by atoms with Crippen LogP contribution in [0.25, 0.3) is 0 Å². The Balaban J connectivity index is 2.48. The molecule has 0 saturated carbocycles. The van der Waals surface area contributed by atoms with Crippen LogP contribution in [0.5, 0.6) is 5.75 Å². The molecule has 1 heterocycles. The second-order valence-electron chi connectivity index (χ2n) is 4.00. The lowest BCUT2D eigenvalue weighted by Crippen LogP contribution is -2.21. The zero-order valence-electron chi connectivity index (χ0n) is 10.2. The Hall–Kier alpha value is -1.13. The Labute approximate surface area is 96.9 Å². The zero-order valence-corrected chi connectivity index (χ0v) is 10.2. The molecular formula is C12H20N2O2. The van der Waals surface area contributed by atoms with E-state index in [-0.39, 0.29) is 5.75 Å². The summed E-state index contributed by atoms with van der Waals surface area (Å²) in [4.78, 5) is 6.44. The van der Waals surface area contributed by atoms with Gasteiger partial charge in [-0.05, 0) is 32.5 Å². The number of hydrogen-bond donors (Lipinski definition) is 1. The Morgan fingerprint density at radius 3 is 2.88 bits per heavy atom. The van der Waals surface area contributed by atoms with E-state index in [0.717, 1.165) is 31.0 Å². The van der Waals surface area contributed by atoms with Crippen LogP contribution in [0.15, 0.2) is 12.1 Å².